The van der Waals surface area contributed by atoms with Gasteiger partial charge in [0, 0.05) is 25.2 Å². The molecule has 2 aliphatic heterocycles. The molecule has 0 aromatic rings. The van der Waals surface area contributed by atoms with E-state index in [0.717, 1.165) is 12.1 Å². The van der Waals surface area contributed by atoms with Crippen molar-refractivity contribution in [3.63, 3.8) is 0 Å². The predicted molar refractivity (Wildman–Crippen MR) is 58.0 cm³/mol. The van der Waals surface area contributed by atoms with Crippen LogP contribution >= 0.6 is 0 Å². The lowest BCUT2D eigenvalue weighted by molar-refractivity contribution is 0.0928. The molecule has 2 fully saturated rings. The fourth-order valence-corrected chi connectivity index (χ4v) is 2.46. The number of rotatable bonds is 1. The molecule has 0 radical (unpaired) electrons. The highest BCUT2D eigenvalue weighted by Gasteiger charge is 2.36. The van der Waals surface area contributed by atoms with Gasteiger partial charge in [0.1, 0.15) is 0 Å². The van der Waals surface area contributed by atoms with Gasteiger partial charge in [-0.15, -0.1) is 0 Å². The monoisotopic (exact) mass is 184 g/mol. The molecule has 2 atom stereocenters. The molecule has 0 N–H and O–H groups in total. The van der Waals surface area contributed by atoms with Crippen molar-refractivity contribution in [3.8, 4) is 0 Å². The highest BCUT2D eigenvalue weighted by Crippen LogP contribution is 2.27. The second-order valence-corrected chi connectivity index (χ2v) is 3.90. The van der Waals surface area contributed by atoms with Gasteiger partial charge in [-0.05, 0) is 26.4 Å². The van der Waals surface area contributed by atoms with Crippen LogP contribution in [-0.4, -0.2) is 48.6 Å². The maximum atomic E-state index is 2.59. The Morgan fingerprint density at radius 2 is 1.54 bits per heavy atom. The summed E-state index contributed by atoms with van der Waals surface area (Å²) in [5.41, 5.74) is 0. The van der Waals surface area contributed by atoms with E-state index in [1.54, 1.807) is 0 Å². The maximum Gasteiger partial charge on any atom is 0.0224 e. The predicted octanol–water partition coefficient (Wildman–Crippen LogP) is 1.81. The number of piperazine rings is 1. The van der Waals surface area contributed by atoms with Crippen molar-refractivity contribution in [2.24, 2.45) is 0 Å². The van der Waals surface area contributed by atoms with E-state index in [9.17, 15) is 0 Å². The third-order valence-corrected chi connectivity index (χ3v) is 3.37. The molecular formula is C11H24N2. The van der Waals surface area contributed by atoms with E-state index >= 15 is 0 Å². The molecule has 2 saturated heterocycles. The zero-order valence-corrected chi connectivity index (χ0v) is 9.58. The smallest absolute Gasteiger partial charge is 0.0224 e. The molecular weight excluding hydrogens is 160 g/mol. The number of likely N-dealkylation sites (N-methyl/N-ethyl adjacent to an activating group) is 2. The Labute approximate surface area is 82.9 Å². The van der Waals surface area contributed by atoms with Crippen LogP contribution in [0, 0.1) is 0 Å². The van der Waals surface area contributed by atoms with Gasteiger partial charge in [-0.3, -0.25) is 4.90 Å². The molecule has 13 heavy (non-hydrogen) atoms. The molecule has 0 spiro atoms. The molecule has 0 saturated carbocycles. The zero-order chi connectivity index (χ0) is 9.84. The minimum atomic E-state index is 0.869. The number of hydrogen-bond acceptors (Lipinski definition) is 2. The summed E-state index contributed by atoms with van der Waals surface area (Å²) in [7, 11) is 2.29. The third kappa shape index (κ3) is 2.23. The summed E-state index contributed by atoms with van der Waals surface area (Å²) < 4.78 is 0. The minimum Gasteiger partial charge on any atom is -0.301 e. The Kier molecular flexibility index (Phi) is 4.20. The minimum absolute atomic E-state index is 0.869. The summed E-state index contributed by atoms with van der Waals surface area (Å²) in [5, 5.41) is 0. The Morgan fingerprint density at radius 1 is 1.08 bits per heavy atom. The van der Waals surface area contributed by atoms with Crippen LogP contribution in [0.1, 0.15) is 33.6 Å². The number of nitrogens with zero attached hydrogens (tertiary/aromatic N) is 2. The Bertz CT molecular complexity index is 133. The Morgan fingerprint density at radius 3 is 1.92 bits per heavy atom. The van der Waals surface area contributed by atoms with Crippen molar-refractivity contribution in [2.45, 2.75) is 45.7 Å². The first-order valence-corrected chi connectivity index (χ1v) is 5.75. The first-order chi connectivity index (χ1) is 6.31. The van der Waals surface area contributed by atoms with E-state index in [-0.39, 0.29) is 0 Å². The lowest BCUT2D eigenvalue weighted by Crippen LogP contribution is -2.51. The van der Waals surface area contributed by atoms with Gasteiger partial charge in [0.15, 0.2) is 0 Å². The second-order valence-electron chi connectivity index (χ2n) is 3.90. The maximum absolute atomic E-state index is 2.59. The molecule has 0 amide bonds. The van der Waals surface area contributed by atoms with Crippen LogP contribution in [0.15, 0.2) is 0 Å². The summed E-state index contributed by atoms with van der Waals surface area (Å²) in [6, 6.07) is 1.74. The zero-order valence-electron chi connectivity index (χ0n) is 9.58. The number of likely N-dealkylation sites (tertiary alicyclic amines) is 1. The summed E-state index contributed by atoms with van der Waals surface area (Å²) in [5.74, 6) is 0. The third-order valence-electron chi connectivity index (χ3n) is 3.37. The summed E-state index contributed by atoms with van der Waals surface area (Å²) in [6.07, 6.45) is 2.86. The Balaban J connectivity index is 0.000000396. The lowest BCUT2D eigenvalue weighted by Gasteiger charge is -2.38. The topological polar surface area (TPSA) is 6.48 Å². The van der Waals surface area contributed by atoms with Crippen LogP contribution in [0.4, 0.5) is 0 Å². The van der Waals surface area contributed by atoms with Crippen molar-refractivity contribution >= 4 is 0 Å². The fraction of sp³-hybridized carbons (Fsp3) is 1.00. The van der Waals surface area contributed by atoms with Crippen molar-refractivity contribution < 1.29 is 0 Å². The molecule has 2 nitrogen and oxygen atoms in total. The van der Waals surface area contributed by atoms with Gasteiger partial charge in [-0.1, -0.05) is 20.8 Å². The van der Waals surface area contributed by atoms with E-state index in [1.807, 2.05) is 13.8 Å². The molecule has 2 unspecified atom stereocenters. The molecule has 0 aliphatic carbocycles. The fourth-order valence-electron chi connectivity index (χ4n) is 2.46. The molecule has 2 aliphatic rings. The van der Waals surface area contributed by atoms with Crippen LogP contribution in [0.5, 0.6) is 0 Å². The first kappa shape index (κ1) is 11.0. The standard InChI is InChI=1S/C9H18N2.C2H6/c1-3-11-6-8-4-5-9(7-11)10(8)2;1-2/h8-9H,3-7H2,1-2H3;1-2H3. The summed E-state index contributed by atoms with van der Waals surface area (Å²) in [6.45, 7) is 10.1. The average molecular weight is 184 g/mol. The van der Waals surface area contributed by atoms with Gasteiger partial charge in [0.2, 0.25) is 0 Å². The number of hydrogen-bond donors (Lipinski definition) is 0. The second kappa shape index (κ2) is 4.97. The SMILES string of the molecule is CC.CCN1CC2CCC(C1)N2C. The molecule has 2 heteroatoms. The van der Waals surface area contributed by atoms with Gasteiger partial charge >= 0.3 is 0 Å². The summed E-state index contributed by atoms with van der Waals surface area (Å²) >= 11 is 0. The van der Waals surface area contributed by atoms with Gasteiger partial charge in [-0.2, -0.15) is 0 Å². The van der Waals surface area contributed by atoms with Crippen LogP contribution in [0.2, 0.25) is 0 Å². The Hall–Kier alpha value is -0.0800. The molecule has 0 aromatic carbocycles. The van der Waals surface area contributed by atoms with Crippen molar-refractivity contribution in [1.82, 2.24) is 9.80 Å². The molecule has 2 heterocycles. The van der Waals surface area contributed by atoms with Gasteiger partial charge in [-0.25, -0.2) is 0 Å². The quantitative estimate of drug-likeness (QED) is 0.613. The van der Waals surface area contributed by atoms with Gasteiger partial charge in [0.05, 0.1) is 0 Å². The van der Waals surface area contributed by atoms with Crippen LogP contribution < -0.4 is 0 Å². The number of fused-ring (bicyclic) bond motifs is 2. The van der Waals surface area contributed by atoms with E-state index in [1.165, 1.54) is 32.5 Å². The van der Waals surface area contributed by atoms with E-state index in [4.69, 9.17) is 0 Å². The average Bonchev–Trinajstić information content (AvgIpc) is 2.45. The van der Waals surface area contributed by atoms with E-state index < -0.39 is 0 Å². The normalized spacial score (nSPS) is 34.2. The molecule has 2 rings (SSSR count). The van der Waals surface area contributed by atoms with Gasteiger partial charge < -0.3 is 4.90 Å². The molecule has 78 valence electrons. The van der Waals surface area contributed by atoms with Crippen LogP contribution in [0.25, 0.3) is 0 Å². The van der Waals surface area contributed by atoms with Crippen molar-refractivity contribution in [1.29, 1.82) is 0 Å². The lowest BCUT2D eigenvalue weighted by atomic mass is 10.2. The van der Waals surface area contributed by atoms with E-state index in [0.29, 0.717) is 0 Å². The van der Waals surface area contributed by atoms with Crippen molar-refractivity contribution in [3.05, 3.63) is 0 Å². The highest BCUT2D eigenvalue weighted by molar-refractivity contribution is 4.93. The van der Waals surface area contributed by atoms with Crippen LogP contribution in [0.3, 0.4) is 0 Å². The first-order valence-electron chi connectivity index (χ1n) is 5.75. The molecule has 0 aromatic heterocycles. The van der Waals surface area contributed by atoms with Crippen molar-refractivity contribution in [2.75, 3.05) is 26.7 Å². The largest absolute Gasteiger partial charge is 0.301 e. The molecule has 2 bridgehead atoms. The highest BCUT2D eigenvalue weighted by atomic mass is 15.3. The van der Waals surface area contributed by atoms with Crippen LogP contribution in [-0.2, 0) is 0 Å². The van der Waals surface area contributed by atoms with E-state index in [2.05, 4.69) is 23.8 Å². The summed E-state index contributed by atoms with van der Waals surface area (Å²) in [4.78, 5) is 5.16. The van der Waals surface area contributed by atoms with Gasteiger partial charge in [0.25, 0.3) is 0 Å².